The molecule has 1 atom stereocenters. The molecule has 1 aromatic rings. The molecule has 7 heteroatoms. The summed E-state index contributed by atoms with van der Waals surface area (Å²) in [5.74, 6) is -0.524. The molecular formula is C13H19BrFNO3S. The molecule has 1 rings (SSSR count). The minimum absolute atomic E-state index is 0.0538. The van der Waals surface area contributed by atoms with Crippen LogP contribution in [0.1, 0.15) is 27.2 Å². The second kappa shape index (κ2) is 6.51. The Hall–Kier alpha value is -0.500. The summed E-state index contributed by atoms with van der Waals surface area (Å²) < 4.78 is 39.5. The number of hydrogen-bond donors (Lipinski definition) is 2. The van der Waals surface area contributed by atoms with Gasteiger partial charge in [-0.15, -0.1) is 0 Å². The van der Waals surface area contributed by atoms with Gasteiger partial charge in [-0.25, -0.2) is 17.5 Å². The molecule has 2 N–H and O–H groups in total. The maximum Gasteiger partial charge on any atom is 0.241 e. The van der Waals surface area contributed by atoms with Gasteiger partial charge in [-0.2, -0.15) is 0 Å². The number of halogens is 2. The van der Waals surface area contributed by atoms with Gasteiger partial charge in [0, 0.05) is 11.0 Å². The quantitative estimate of drug-likeness (QED) is 0.840. The Labute approximate surface area is 127 Å². The Morgan fingerprint density at radius 1 is 1.40 bits per heavy atom. The van der Waals surface area contributed by atoms with E-state index in [1.807, 2.05) is 20.8 Å². The van der Waals surface area contributed by atoms with Gasteiger partial charge in [-0.1, -0.05) is 20.8 Å². The van der Waals surface area contributed by atoms with E-state index in [4.69, 9.17) is 0 Å². The second-order valence-electron chi connectivity index (χ2n) is 5.85. The molecule has 0 aliphatic heterocycles. The number of rotatable bonds is 5. The first-order valence-electron chi connectivity index (χ1n) is 6.14. The molecule has 0 aromatic heterocycles. The molecular weight excluding hydrogens is 349 g/mol. The van der Waals surface area contributed by atoms with E-state index < -0.39 is 21.9 Å². The average molecular weight is 368 g/mol. The van der Waals surface area contributed by atoms with Gasteiger partial charge in [-0.3, -0.25) is 0 Å². The fourth-order valence-corrected chi connectivity index (χ4v) is 3.88. The predicted octanol–water partition coefficient (Wildman–Crippen LogP) is 2.66. The third kappa shape index (κ3) is 5.47. The van der Waals surface area contributed by atoms with E-state index in [-0.39, 0.29) is 21.3 Å². The molecule has 0 saturated heterocycles. The average Bonchev–Trinajstić information content (AvgIpc) is 2.23. The van der Waals surface area contributed by atoms with E-state index >= 15 is 0 Å². The normalized spacial score (nSPS) is 14.3. The zero-order chi connectivity index (χ0) is 15.6. The van der Waals surface area contributed by atoms with Crippen LogP contribution in [-0.4, -0.2) is 26.2 Å². The Bertz CT molecular complexity index is 569. The lowest BCUT2D eigenvalue weighted by atomic mass is 9.89. The minimum atomic E-state index is -3.78. The molecule has 0 heterocycles. The van der Waals surface area contributed by atoms with Crippen LogP contribution in [-0.2, 0) is 10.0 Å². The third-order valence-electron chi connectivity index (χ3n) is 2.54. The summed E-state index contributed by atoms with van der Waals surface area (Å²) in [6, 6.07) is 3.34. The van der Waals surface area contributed by atoms with Gasteiger partial charge < -0.3 is 5.11 Å². The number of benzene rings is 1. The van der Waals surface area contributed by atoms with Crippen molar-refractivity contribution in [1.82, 2.24) is 4.72 Å². The maximum absolute atomic E-state index is 13.0. The first kappa shape index (κ1) is 17.6. The van der Waals surface area contributed by atoms with Crippen LogP contribution in [0.15, 0.2) is 27.6 Å². The Balaban J connectivity index is 2.76. The molecule has 4 nitrogen and oxygen atoms in total. The standard InChI is InChI=1S/C13H19BrFNO3S/c1-13(2,3)7-10(17)8-16-20(18,19)12-5-4-9(15)6-11(12)14/h4-6,10,16-17H,7-8H2,1-3H3. The van der Waals surface area contributed by atoms with Crippen LogP contribution < -0.4 is 4.72 Å². The summed E-state index contributed by atoms with van der Waals surface area (Å²) in [5.41, 5.74) is -0.0959. The second-order valence-corrected chi connectivity index (χ2v) is 8.43. The third-order valence-corrected chi connectivity index (χ3v) is 4.94. The van der Waals surface area contributed by atoms with Crippen molar-refractivity contribution in [2.24, 2.45) is 5.41 Å². The maximum atomic E-state index is 13.0. The first-order chi connectivity index (χ1) is 9.01. The van der Waals surface area contributed by atoms with Crippen LogP contribution in [0.25, 0.3) is 0 Å². The number of sulfonamides is 1. The molecule has 0 bridgehead atoms. The van der Waals surface area contributed by atoms with Crippen molar-refractivity contribution in [2.75, 3.05) is 6.54 Å². The highest BCUT2D eigenvalue weighted by Gasteiger charge is 2.21. The molecule has 20 heavy (non-hydrogen) atoms. The van der Waals surface area contributed by atoms with E-state index in [1.165, 1.54) is 6.07 Å². The Morgan fingerprint density at radius 2 is 2.00 bits per heavy atom. The smallest absolute Gasteiger partial charge is 0.241 e. The van der Waals surface area contributed by atoms with Gasteiger partial charge in [0.15, 0.2) is 0 Å². The molecule has 0 aliphatic rings. The summed E-state index contributed by atoms with van der Waals surface area (Å²) in [6.07, 6.45) is -0.302. The van der Waals surface area contributed by atoms with Crippen LogP contribution in [0.3, 0.4) is 0 Å². The van der Waals surface area contributed by atoms with Gasteiger partial charge in [0.05, 0.1) is 11.0 Å². The van der Waals surface area contributed by atoms with Crippen LogP contribution in [0.4, 0.5) is 4.39 Å². The molecule has 0 amide bonds. The van der Waals surface area contributed by atoms with Crippen molar-refractivity contribution in [3.63, 3.8) is 0 Å². The van der Waals surface area contributed by atoms with Crippen molar-refractivity contribution >= 4 is 26.0 Å². The lowest BCUT2D eigenvalue weighted by Gasteiger charge is -2.22. The highest BCUT2D eigenvalue weighted by molar-refractivity contribution is 9.10. The molecule has 1 unspecified atom stereocenters. The van der Waals surface area contributed by atoms with E-state index in [9.17, 15) is 17.9 Å². The van der Waals surface area contributed by atoms with E-state index in [1.54, 1.807) is 0 Å². The summed E-state index contributed by atoms with van der Waals surface area (Å²) >= 11 is 3.02. The van der Waals surface area contributed by atoms with Gasteiger partial charge >= 0.3 is 0 Å². The monoisotopic (exact) mass is 367 g/mol. The summed E-state index contributed by atoms with van der Waals surface area (Å²) in [4.78, 5) is -0.0538. The van der Waals surface area contributed by atoms with Gasteiger partial charge in [0.2, 0.25) is 10.0 Å². The van der Waals surface area contributed by atoms with Crippen molar-refractivity contribution in [3.8, 4) is 0 Å². The molecule has 0 radical (unpaired) electrons. The molecule has 0 aliphatic carbocycles. The van der Waals surface area contributed by atoms with Crippen molar-refractivity contribution in [3.05, 3.63) is 28.5 Å². The minimum Gasteiger partial charge on any atom is -0.392 e. The van der Waals surface area contributed by atoms with Crippen LogP contribution in [0.2, 0.25) is 0 Å². The molecule has 0 saturated carbocycles. The SMILES string of the molecule is CC(C)(C)CC(O)CNS(=O)(=O)c1ccc(F)cc1Br. The fourth-order valence-electron chi connectivity index (χ4n) is 1.76. The number of hydrogen-bond acceptors (Lipinski definition) is 3. The Morgan fingerprint density at radius 3 is 2.50 bits per heavy atom. The molecule has 114 valence electrons. The highest BCUT2D eigenvalue weighted by Crippen LogP contribution is 2.23. The Kier molecular flexibility index (Phi) is 5.71. The highest BCUT2D eigenvalue weighted by atomic mass is 79.9. The molecule has 0 spiro atoms. The van der Waals surface area contributed by atoms with Crippen molar-refractivity contribution in [1.29, 1.82) is 0 Å². The van der Waals surface area contributed by atoms with E-state index in [0.717, 1.165) is 12.1 Å². The van der Waals surface area contributed by atoms with Gasteiger partial charge in [-0.05, 0) is 46.0 Å². The number of nitrogens with one attached hydrogen (secondary N) is 1. The summed E-state index contributed by atoms with van der Waals surface area (Å²) in [7, 11) is -3.78. The lowest BCUT2D eigenvalue weighted by Crippen LogP contribution is -2.34. The topological polar surface area (TPSA) is 66.4 Å². The first-order valence-corrected chi connectivity index (χ1v) is 8.42. The fraction of sp³-hybridized carbons (Fsp3) is 0.538. The van der Waals surface area contributed by atoms with Crippen LogP contribution >= 0.6 is 15.9 Å². The predicted molar refractivity (Wildman–Crippen MR) is 79.4 cm³/mol. The lowest BCUT2D eigenvalue weighted by molar-refractivity contribution is 0.125. The van der Waals surface area contributed by atoms with Crippen molar-refractivity contribution in [2.45, 2.75) is 38.2 Å². The van der Waals surface area contributed by atoms with Gasteiger partial charge in [0.1, 0.15) is 5.82 Å². The van der Waals surface area contributed by atoms with E-state index in [2.05, 4.69) is 20.7 Å². The molecule has 0 fully saturated rings. The van der Waals surface area contributed by atoms with Crippen LogP contribution in [0, 0.1) is 11.2 Å². The van der Waals surface area contributed by atoms with Crippen molar-refractivity contribution < 1.29 is 17.9 Å². The number of aliphatic hydroxyl groups is 1. The zero-order valence-electron chi connectivity index (χ0n) is 11.7. The number of aliphatic hydroxyl groups excluding tert-OH is 1. The zero-order valence-corrected chi connectivity index (χ0v) is 14.1. The van der Waals surface area contributed by atoms with Crippen LogP contribution in [0.5, 0.6) is 0 Å². The van der Waals surface area contributed by atoms with E-state index in [0.29, 0.717) is 6.42 Å². The van der Waals surface area contributed by atoms with Gasteiger partial charge in [0.25, 0.3) is 0 Å². The summed E-state index contributed by atoms with van der Waals surface area (Å²) in [6.45, 7) is 5.80. The largest absolute Gasteiger partial charge is 0.392 e. The molecule has 1 aromatic carbocycles. The summed E-state index contributed by atoms with van der Waals surface area (Å²) in [5, 5.41) is 9.81.